The molecule has 3 heteroatoms. The van der Waals surface area contributed by atoms with Gasteiger partial charge in [0.15, 0.2) is 0 Å². The Morgan fingerprint density at radius 3 is 2.67 bits per heavy atom. The van der Waals surface area contributed by atoms with Crippen LogP contribution in [0, 0.1) is 5.92 Å². The molecule has 0 radical (unpaired) electrons. The highest BCUT2D eigenvalue weighted by atomic mass is 16.7. The molecule has 0 aromatic rings. The van der Waals surface area contributed by atoms with Crippen LogP contribution >= 0.6 is 0 Å². The zero-order valence-corrected chi connectivity index (χ0v) is 5.89. The third-order valence-corrected chi connectivity index (χ3v) is 1.24. The molecular formula is C6H13NO2. The lowest BCUT2D eigenvalue weighted by Gasteiger charge is -2.04. The van der Waals surface area contributed by atoms with E-state index in [1.54, 1.807) is 6.92 Å². The molecule has 0 amide bonds. The van der Waals surface area contributed by atoms with Gasteiger partial charge in [0.2, 0.25) is 0 Å². The van der Waals surface area contributed by atoms with Crippen molar-refractivity contribution >= 4 is 5.97 Å². The first kappa shape index (κ1) is 8.43. The Bertz CT molecular complexity index is 93.1. The summed E-state index contributed by atoms with van der Waals surface area (Å²) in [6.07, 6.45) is 1.83. The maximum absolute atomic E-state index is 10.6. The van der Waals surface area contributed by atoms with Crippen LogP contribution in [-0.4, -0.2) is 5.97 Å². The summed E-state index contributed by atoms with van der Waals surface area (Å²) in [5, 5.41) is 0. The van der Waals surface area contributed by atoms with Gasteiger partial charge in [-0.2, -0.15) is 5.90 Å². The summed E-state index contributed by atoms with van der Waals surface area (Å²) >= 11 is 0. The summed E-state index contributed by atoms with van der Waals surface area (Å²) in [6.45, 7) is 3.82. The van der Waals surface area contributed by atoms with E-state index in [0.29, 0.717) is 0 Å². The predicted octanol–water partition coefficient (Wildman–Crippen LogP) is 0.840. The summed E-state index contributed by atoms with van der Waals surface area (Å²) in [7, 11) is 0. The Morgan fingerprint density at radius 1 is 1.78 bits per heavy atom. The fourth-order valence-electron chi connectivity index (χ4n) is 0.667. The molecule has 0 bridgehead atoms. The van der Waals surface area contributed by atoms with E-state index < -0.39 is 0 Å². The summed E-state index contributed by atoms with van der Waals surface area (Å²) in [5.74, 6) is 4.28. The van der Waals surface area contributed by atoms with Gasteiger partial charge >= 0.3 is 5.97 Å². The van der Waals surface area contributed by atoms with Gasteiger partial charge in [-0.05, 0) is 6.42 Å². The van der Waals surface area contributed by atoms with Crippen molar-refractivity contribution in [2.24, 2.45) is 11.8 Å². The van der Waals surface area contributed by atoms with Crippen LogP contribution in [0.15, 0.2) is 0 Å². The normalized spacial score (nSPS) is 12.8. The summed E-state index contributed by atoms with van der Waals surface area (Å²) in [6, 6.07) is 0. The summed E-state index contributed by atoms with van der Waals surface area (Å²) < 4.78 is 0. The first-order valence-corrected chi connectivity index (χ1v) is 3.13. The van der Waals surface area contributed by atoms with Gasteiger partial charge in [-0.3, -0.25) is 4.79 Å². The Morgan fingerprint density at radius 2 is 2.33 bits per heavy atom. The molecule has 9 heavy (non-hydrogen) atoms. The second-order valence-corrected chi connectivity index (χ2v) is 2.13. The molecule has 0 saturated heterocycles. The van der Waals surface area contributed by atoms with Crippen molar-refractivity contribution in [3.8, 4) is 0 Å². The minimum Gasteiger partial charge on any atom is -0.373 e. The van der Waals surface area contributed by atoms with Crippen LogP contribution in [0.3, 0.4) is 0 Å². The lowest BCUT2D eigenvalue weighted by molar-refractivity contribution is -0.148. The lowest BCUT2D eigenvalue weighted by Crippen LogP contribution is -2.17. The molecule has 3 nitrogen and oxygen atoms in total. The second-order valence-electron chi connectivity index (χ2n) is 2.13. The average Bonchev–Trinajstić information content (AvgIpc) is 1.87. The van der Waals surface area contributed by atoms with Crippen LogP contribution in [0.2, 0.25) is 0 Å². The van der Waals surface area contributed by atoms with Crippen molar-refractivity contribution in [1.29, 1.82) is 0 Å². The largest absolute Gasteiger partial charge is 0.373 e. The molecule has 0 aromatic heterocycles. The van der Waals surface area contributed by atoms with Crippen LogP contribution in [0.1, 0.15) is 26.7 Å². The van der Waals surface area contributed by atoms with Crippen molar-refractivity contribution < 1.29 is 9.63 Å². The fraction of sp³-hybridized carbons (Fsp3) is 0.833. The van der Waals surface area contributed by atoms with Gasteiger partial charge in [-0.25, -0.2) is 0 Å². The second kappa shape index (κ2) is 4.32. The third kappa shape index (κ3) is 3.08. The fourth-order valence-corrected chi connectivity index (χ4v) is 0.667. The molecule has 54 valence electrons. The summed E-state index contributed by atoms with van der Waals surface area (Å²) in [4.78, 5) is 14.6. The van der Waals surface area contributed by atoms with E-state index in [2.05, 4.69) is 10.7 Å². The standard InChI is InChI=1S/C6H13NO2/c1-3-4-5(2)6(8)9-7/h5H,3-4,7H2,1-2H3. The Hall–Kier alpha value is -0.570. The van der Waals surface area contributed by atoms with Gasteiger partial charge in [0, 0.05) is 0 Å². The molecule has 1 unspecified atom stereocenters. The van der Waals surface area contributed by atoms with Crippen LogP contribution in [0.25, 0.3) is 0 Å². The topological polar surface area (TPSA) is 52.3 Å². The number of rotatable bonds is 3. The van der Waals surface area contributed by atoms with Crippen molar-refractivity contribution in [3.05, 3.63) is 0 Å². The SMILES string of the molecule is CCCC(C)C(=O)ON. The molecule has 0 aliphatic carbocycles. The number of hydrogen-bond acceptors (Lipinski definition) is 3. The lowest BCUT2D eigenvalue weighted by atomic mass is 10.1. The average molecular weight is 131 g/mol. The first-order valence-electron chi connectivity index (χ1n) is 3.13. The minimum absolute atomic E-state index is 0.0556. The van der Waals surface area contributed by atoms with E-state index in [-0.39, 0.29) is 11.9 Å². The number of carbonyl (C=O) groups is 1. The van der Waals surface area contributed by atoms with Gasteiger partial charge < -0.3 is 4.84 Å². The highest BCUT2D eigenvalue weighted by Crippen LogP contribution is 2.04. The number of carbonyl (C=O) groups excluding carboxylic acids is 1. The van der Waals surface area contributed by atoms with Gasteiger partial charge in [0.25, 0.3) is 0 Å². The highest BCUT2D eigenvalue weighted by Gasteiger charge is 2.10. The van der Waals surface area contributed by atoms with Crippen LogP contribution < -0.4 is 5.90 Å². The molecule has 0 aliphatic rings. The number of hydrogen-bond donors (Lipinski definition) is 1. The molecule has 0 aromatic carbocycles. The maximum Gasteiger partial charge on any atom is 0.327 e. The molecule has 2 N–H and O–H groups in total. The molecule has 0 saturated carbocycles. The van der Waals surface area contributed by atoms with Crippen LogP contribution in [0.4, 0.5) is 0 Å². The molecule has 0 rings (SSSR count). The van der Waals surface area contributed by atoms with Crippen LogP contribution in [0.5, 0.6) is 0 Å². The Labute approximate surface area is 55.1 Å². The first-order chi connectivity index (χ1) is 4.22. The predicted molar refractivity (Wildman–Crippen MR) is 34.4 cm³/mol. The third-order valence-electron chi connectivity index (χ3n) is 1.24. The van der Waals surface area contributed by atoms with E-state index in [0.717, 1.165) is 12.8 Å². The monoisotopic (exact) mass is 131 g/mol. The van der Waals surface area contributed by atoms with Gasteiger partial charge in [0.05, 0.1) is 5.92 Å². The molecular weight excluding hydrogens is 118 g/mol. The number of nitrogens with two attached hydrogens (primary N) is 1. The molecule has 0 aliphatic heterocycles. The molecule has 1 atom stereocenters. The molecule has 0 heterocycles. The van der Waals surface area contributed by atoms with Crippen LogP contribution in [-0.2, 0) is 9.63 Å². The van der Waals surface area contributed by atoms with E-state index in [9.17, 15) is 4.79 Å². The van der Waals surface area contributed by atoms with E-state index in [4.69, 9.17) is 0 Å². The van der Waals surface area contributed by atoms with E-state index >= 15 is 0 Å². The zero-order chi connectivity index (χ0) is 7.28. The Balaban J connectivity index is 3.45. The molecule has 0 spiro atoms. The smallest absolute Gasteiger partial charge is 0.327 e. The van der Waals surface area contributed by atoms with Crippen molar-refractivity contribution in [2.75, 3.05) is 0 Å². The minimum atomic E-state index is -0.322. The highest BCUT2D eigenvalue weighted by molar-refractivity contribution is 5.71. The van der Waals surface area contributed by atoms with Crippen molar-refractivity contribution in [2.45, 2.75) is 26.7 Å². The molecule has 0 fully saturated rings. The maximum atomic E-state index is 10.6. The van der Waals surface area contributed by atoms with Gasteiger partial charge in [-0.1, -0.05) is 20.3 Å². The quantitative estimate of drug-likeness (QED) is 0.577. The van der Waals surface area contributed by atoms with E-state index in [1.807, 2.05) is 6.92 Å². The van der Waals surface area contributed by atoms with Gasteiger partial charge in [0.1, 0.15) is 0 Å². The zero-order valence-electron chi connectivity index (χ0n) is 5.89. The van der Waals surface area contributed by atoms with Gasteiger partial charge in [-0.15, -0.1) is 0 Å². The van der Waals surface area contributed by atoms with E-state index in [1.165, 1.54) is 0 Å². The Kier molecular flexibility index (Phi) is 4.05. The summed E-state index contributed by atoms with van der Waals surface area (Å²) in [5.41, 5.74) is 0. The van der Waals surface area contributed by atoms with Crippen molar-refractivity contribution in [3.63, 3.8) is 0 Å². The van der Waals surface area contributed by atoms with Crippen molar-refractivity contribution in [1.82, 2.24) is 0 Å².